The number of hydrogen-bond acceptors (Lipinski definition) is 3. The monoisotopic (exact) mass is 703 g/mol. The normalized spacial score (nSPS) is 11.6. The summed E-state index contributed by atoms with van der Waals surface area (Å²) < 4.78 is 13.6. The molecule has 0 bridgehead atoms. The summed E-state index contributed by atoms with van der Waals surface area (Å²) in [5.74, 6) is 0. The predicted octanol–water partition coefficient (Wildman–Crippen LogP) is 15.1. The lowest BCUT2D eigenvalue weighted by atomic mass is 9.95. The average molecular weight is 704 g/mol. The molecule has 3 heteroatoms. The van der Waals surface area contributed by atoms with Crippen molar-refractivity contribution in [2.24, 2.45) is 0 Å². The Morgan fingerprint density at radius 1 is 0.345 bits per heavy atom. The third-order valence-corrected chi connectivity index (χ3v) is 10.8. The second kappa shape index (κ2) is 12.6. The van der Waals surface area contributed by atoms with E-state index in [4.69, 9.17) is 8.83 Å². The molecule has 258 valence electrons. The van der Waals surface area contributed by atoms with Crippen LogP contribution in [0.2, 0.25) is 0 Å². The van der Waals surface area contributed by atoms with E-state index in [1.807, 2.05) is 12.1 Å². The Hall–Kier alpha value is -7.36. The lowest BCUT2D eigenvalue weighted by Gasteiger charge is -2.28. The Morgan fingerprint density at radius 3 is 1.84 bits per heavy atom. The van der Waals surface area contributed by atoms with Gasteiger partial charge in [0.1, 0.15) is 22.3 Å². The van der Waals surface area contributed by atoms with Gasteiger partial charge in [-0.1, -0.05) is 146 Å². The lowest BCUT2D eigenvalue weighted by Crippen LogP contribution is -2.11. The fraction of sp³-hybridized carbons (Fsp3) is 0. The summed E-state index contributed by atoms with van der Waals surface area (Å²) >= 11 is 0. The molecule has 0 spiro atoms. The molecule has 0 aliphatic heterocycles. The standard InChI is InChI=1S/C52H33NO2/c1-3-13-34(14-4-1)36-25-27-40(28-26-36)53(46-21-11-9-19-42(46)37-16-5-2-6-17-37)41-29-30-43-45-33-49-51(44-20-10-12-22-47(44)54-49)50(52(45)55-48(43)32-41)39-24-23-35-15-7-8-18-38(35)31-39/h1-33H. The maximum atomic E-state index is 7.06. The molecule has 0 fully saturated rings. The zero-order valence-corrected chi connectivity index (χ0v) is 29.8. The first-order valence-electron chi connectivity index (χ1n) is 18.7. The van der Waals surface area contributed by atoms with Gasteiger partial charge in [0.2, 0.25) is 0 Å². The van der Waals surface area contributed by atoms with Crippen LogP contribution in [0, 0.1) is 0 Å². The van der Waals surface area contributed by atoms with Crippen LogP contribution in [-0.2, 0) is 0 Å². The molecule has 0 unspecified atom stereocenters. The molecule has 0 saturated heterocycles. The van der Waals surface area contributed by atoms with E-state index >= 15 is 0 Å². The number of rotatable bonds is 6. The van der Waals surface area contributed by atoms with Gasteiger partial charge in [0.15, 0.2) is 0 Å². The van der Waals surface area contributed by atoms with Gasteiger partial charge >= 0.3 is 0 Å². The zero-order chi connectivity index (χ0) is 36.3. The summed E-state index contributed by atoms with van der Waals surface area (Å²) in [6.45, 7) is 0. The van der Waals surface area contributed by atoms with E-state index in [1.54, 1.807) is 0 Å². The number of fused-ring (bicyclic) bond motifs is 7. The number of para-hydroxylation sites is 2. The molecule has 0 N–H and O–H groups in total. The van der Waals surface area contributed by atoms with Crippen molar-refractivity contribution in [3.8, 4) is 33.4 Å². The Balaban J connectivity index is 1.15. The maximum absolute atomic E-state index is 7.06. The summed E-state index contributed by atoms with van der Waals surface area (Å²) in [5, 5.41) is 6.59. The first-order valence-corrected chi connectivity index (χ1v) is 18.7. The Morgan fingerprint density at radius 2 is 1.00 bits per heavy atom. The molecule has 2 aromatic heterocycles. The number of benzene rings is 9. The van der Waals surface area contributed by atoms with Crippen LogP contribution in [0.25, 0.3) is 88.0 Å². The van der Waals surface area contributed by atoms with Crippen LogP contribution in [0.3, 0.4) is 0 Å². The molecular weight excluding hydrogens is 671 g/mol. The minimum atomic E-state index is 0.814. The van der Waals surface area contributed by atoms with Gasteiger partial charge in [0, 0.05) is 50.1 Å². The number of furan rings is 2. The summed E-state index contributed by atoms with van der Waals surface area (Å²) in [5.41, 5.74) is 13.3. The topological polar surface area (TPSA) is 29.5 Å². The minimum absolute atomic E-state index is 0.814. The molecule has 0 aliphatic rings. The van der Waals surface area contributed by atoms with Gasteiger partial charge in [-0.3, -0.25) is 0 Å². The van der Waals surface area contributed by atoms with Gasteiger partial charge in [-0.15, -0.1) is 0 Å². The lowest BCUT2D eigenvalue weighted by molar-refractivity contribution is 0.664. The quantitative estimate of drug-likeness (QED) is 0.173. The summed E-state index contributed by atoms with van der Waals surface area (Å²) in [6.07, 6.45) is 0. The van der Waals surface area contributed by atoms with Crippen LogP contribution in [0.4, 0.5) is 17.1 Å². The molecular formula is C52H33NO2. The molecule has 55 heavy (non-hydrogen) atoms. The van der Waals surface area contributed by atoms with Crippen LogP contribution >= 0.6 is 0 Å². The van der Waals surface area contributed by atoms with Crippen molar-refractivity contribution in [3.05, 3.63) is 200 Å². The Bertz CT molecular complexity index is 3190. The van der Waals surface area contributed by atoms with Crippen molar-refractivity contribution in [2.45, 2.75) is 0 Å². The number of hydrogen-bond donors (Lipinski definition) is 0. The van der Waals surface area contributed by atoms with Crippen molar-refractivity contribution in [1.29, 1.82) is 0 Å². The van der Waals surface area contributed by atoms with Crippen LogP contribution in [0.1, 0.15) is 0 Å². The zero-order valence-electron chi connectivity index (χ0n) is 29.8. The van der Waals surface area contributed by atoms with Crippen molar-refractivity contribution in [3.63, 3.8) is 0 Å². The molecule has 11 rings (SSSR count). The van der Waals surface area contributed by atoms with Gasteiger partial charge in [-0.2, -0.15) is 0 Å². The van der Waals surface area contributed by atoms with Crippen molar-refractivity contribution in [2.75, 3.05) is 4.90 Å². The smallest absolute Gasteiger partial charge is 0.144 e. The molecule has 0 amide bonds. The van der Waals surface area contributed by atoms with Crippen molar-refractivity contribution in [1.82, 2.24) is 0 Å². The van der Waals surface area contributed by atoms with Crippen LogP contribution in [0.15, 0.2) is 209 Å². The molecule has 2 heterocycles. The third kappa shape index (κ3) is 5.20. The van der Waals surface area contributed by atoms with E-state index in [2.05, 4.69) is 193 Å². The fourth-order valence-corrected chi connectivity index (χ4v) is 8.25. The third-order valence-electron chi connectivity index (χ3n) is 10.8. The van der Waals surface area contributed by atoms with E-state index in [0.29, 0.717) is 0 Å². The molecule has 0 aliphatic carbocycles. The second-order valence-electron chi connectivity index (χ2n) is 14.1. The summed E-state index contributed by atoms with van der Waals surface area (Å²) in [6, 6.07) is 70.8. The highest BCUT2D eigenvalue weighted by Gasteiger charge is 2.23. The van der Waals surface area contributed by atoms with Gasteiger partial charge in [0.25, 0.3) is 0 Å². The SMILES string of the molecule is c1ccc(-c2ccc(N(c3ccc4c(c3)oc3c(-c5ccc6ccccc6c5)c5c(cc34)oc3ccccc35)c3ccccc3-c3ccccc3)cc2)cc1. The number of nitrogens with zero attached hydrogens (tertiary/aromatic N) is 1. The van der Waals surface area contributed by atoms with E-state index in [1.165, 1.54) is 21.9 Å². The molecule has 0 atom stereocenters. The van der Waals surface area contributed by atoms with Crippen LogP contribution in [0.5, 0.6) is 0 Å². The van der Waals surface area contributed by atoms with Crippen LogP contribution in [-0.4, -0.2) is 0 Å². The highest BCUT2D eigenvalue weighted by Crippen LogP contribution is 2.47. The molecule has 0 radical (unpaired) electrons. The number of anilines is 3. The van der Waals surface area contributed by atoms with E-state index in [9.17, 15) is 0 Å². The van der Waals surface area contributed by atoms with Crippen molar-refractivity contribution < 1.29 is 8.83 Å². The van der Waals surface area contributed by atoms with Gasteiger partial charge in [-0.25, -0.2) is 0 Å². The highest BCUT2D eigenvalue weighted by molar-refractivity contribution is 6.24. The van der Waals surface area contributed by atoms with Crippen LogP contribution < -0.4 is 4.90 Å². The Labute approximate surface area is 317 Å². The molecule has 11 aromatic rings. The minimum Gasteiger partial charge on any atom is -0.456 e. The average Bonchev–Trinajstić information content (AvgIpc) is 3.81. The Kier molecular flexibility index (Phi) is 7.17. The van der Waals surface area contributed by atoms with Gasteiger partial charge in [-0.05, 0) is 81.6 Å². The van der Waals surface area contributed by atoms with E-state index in [-0.39, 0.29) is 0 Å². The molecule has 0 saturated carbocycles. The van der Waals surface area contributed by atoms with Gasteiger partial charge < -0.3 is 13.7 Å². The molecule has 9 aromatic carbocycles. The largest absolute Gasteiger partial charge is 0.456 e. The van der Waals surface area contributed by atoms with E-state index in [0.717, 1.165) is 83.2 Å². The highest BCUT2D eigenvalue weighted by atomic mass is 16.3. The van der Waals surface area contributed by atoms with E-state index < -0.39 is 0 Å². The van der Waals surface area contributed by atoms with Gasteiger partial charge in [0.05, 0.1) is 5.69 Å². The first-order chi connectivity index (χ1) is 27.3. The second-order valence-corrected chi connectivity index (χ2v) is 14.1. The predicted molar refractivity (Wildman–Crippen MR) is 229 cm³/mol. The summed E-state index contributed by atoms with van der Waals surface area (Å²) in [7, 11) is 0. The maximum Gasteiger partial charge on any atom is 0.144 e. The first kappa shape index (κ1) is 31.2. The van der Waals surface area contributed by atoms with Crippen molar-refractivity contribution >= 4 is 71.7 Å². The summed E-state index contributed by atoms with van der Waals surface area (Å²) in [4.78, 5) is 2.34. The molecule has 3 nitrogen and oxygen atoms in total. The fourth-order valence-electron chi connectivity index (χ4n) is 8.25.